The summed E-state index contributed by atoms with van der Waals surface area (Å²) in [5.41, 5.74) is 1.01. The Morgan fingerprint density at radius 2 is 1.77 bits per heavy atom. The van der Waals surface area contributed by atoms with E-state index in [9.17, 15) is 14.9 Å². The molecule has 0 aliphatic rings. The number of ether oxygens (including phenoxy) is 1. The first-order chi connectivity index (χ1) is 10.6. The van der Waals surface area contributed by atoms with Gasteiger partial charge in [-0.05, 0) is 24.6 Å². The van der Waals surface area contributed by atoms with Crippen LogP contribution in [0.25, 0.3) is 0 Å². The molecule has 0 saturated heterocycles. The van der Waals surface area contributed by atoms with Crippen LogP contribution < -0.4 is 4.74 Å². The highest BCUT2D eigenvalue weighted by Gasteiger charge is 2.17. The van der Waals surface area contributed by atoms with Gasteiger partial charge in [0.05, 0.1) is 4.92 Å². The molecule has 5 heteroatoms. The first kappa shape index (κ1) is 17.4. The van der Waals surface area contributed by atoms with Crippen LogP contribution in [0.15, 0.2) is 48.5 Å². The molecule has 0 aromatic heterocycles. The lowest BCUT2D eigenvalue weighted by Gasteiger charge is -2.07. The summed E-state index contributed by atoms with van der Waals surface area (Å²) < 4.78 is 5.47. The van der Waals surface area contributed by atoms with E-state index in [1.165, 1.54) is 25.1 Å². The van der Waals surface area contributed by atoms with Gasteiger partial charge in [-0.15, -0.1) is 0 Å². The quantitative estimate of drug-likeness (QED) is 0.466. The van der Waals surface area contributed by atoms with E-state index in [2.05, 4.69) is 0 Å². The standard InChI is InChI=1S/C15H13NO4.C2H6/c1-11(17)13-7-8-15(14(9-13)16(18)19)20-10-12-5-3-2-4-6-12;1-2/h2-9H,10H2,1H3;1-2H3. The molecule has 22 heavy (non-hydrogen) atoms. The molecule has 0 heterocycles. The predicted octanol–water partition coefficient (Wildman–Crippen LogP) is 4.40. The molecule has 0 aliphatic carbocycles. The lowest BCUT2D eigenvalue weighted by atomic mass is 10.1. The van der Waals surface area contributed by atoms with Gasteiger partial charge in [0.25, 0.3) is 0 Å². The van der Waals surface area contributed by atoms with E-state index < -0.39 is 4.92 Å². The number of carbonyl (C=O) groups is 1. The maximum atomic E-state index is 11.2. The Hall–Kier alpha value is -2.69. The van der Waals surface area contributed by atoms with Gasteiger partial charge in [-0.25, -0.2) is 0 Å². The van der Waals surface area contributed by atoms with Gasteiger partial charge in [-0.1, -0.05) is 44.2 Å². The van der Waals surface area contributed by atoms with Gasteiger partial charge in [0, 0.05) is 11.6 Å². The van der Waals surface area contributed by atoms with Crippen molar-refractivity contribution in [2.45, 2.75) is 27.4 Å². The van der Waals surface area contributed by atoms with E-state index in [1.54, 1.807) is 0 Å². The van der Waals surface area contributed by atoms with Crippen LogP contribution in [-0.2, 0) is 6.61 Å². The highest BCUT2D eigenvalue weighted by Crippen LogP contribution is 2.28. The summed E-state index contributed by atoms with van der Waals surface area (Å²) >= 11 is 0. The van der Waals surface area contributed by atoms with Crippen LogP contribution in [0, 0.1) is 10.1 Å². The van der Waals surface area contributed by atoms with Crippen LogP contribution in [0.4, 0.5) is 5.69 Å². The molecule has 5 nitrogen and oxygen atoms in total. The lowest BCUT2D eigenvalue weighted by molar-refractivity contribution is -0.386. The Morgan fingerprint density at radius 3 is 2.32 bits per heavy atom. The minimum atomic E-state index is -0.549. The fourth-order valence-corrected chi connectivity index (χ4v) is 1.74. The van der Waals surface area contributed by atoms with Crippen LogP contribution in [0.1, 0.15) is 36.7 Å². The van der Waals surface area contributed by atoms with Crippen molar-refractivity contribution in [3.05, 3.63) is 69.8 Å². The van der Waals surface area contributed by atoms with Crippen LogP contribution in [-0.4, -0.2) is 10.7 Å². The topological polar surface area (TPSA) is 69.4 Å². The zero-order valence-corrected chi connectivity index (χ0v) is 12.9. The molecule has 0 radical (unpaired) electrons. The molecule has 0 N–H and O–H groups in total. The fourth-order valence-electron chi connectivity index (χ4n) is 1.74. The van der Waals surface area contributed by atoms with E-state index >= 15 is 0 Å². The number of rotatable bonds is 5. The molecule has 0 saturated carbocycles. The number of Topliss-reactive ketones (excluding diaryl/α,β-unsaturated/α-hetero) is 1. The Bertz CT molecular complexity index is 638. The van der Waals surface area contributed by atoms with E-state index in [-0.39, 0.29) is 23.8 Å². The minimum absolute atomic E-state index is 0.156. The average molecular weight is 301 g/mol. The van der Waals surface area contributed by atoms with Gasteiger partial charge in [0.1, 0.15) is 6.61 Å². The Labute approximate surface area is 129 Å². The molecule has 0 amide bonds. The highest BCUT2D eigenvalue weighted by atomic mass is 16.6. The Kier molecular flexibility index (Phi) is 6.76. The van der Waals surface area contributed by atoms with Gasteiger partial charge in [0.15, 0.2) is 11.5 Å². The summed E-state index contributed by atoms with van der Waals surface area (Å²) in [7, 11) is 0. The molecule has 2 aromatic rings. The Balaban J connectivity index is 0.00000116. The largest absolute Gasteiger partial charge is 0.482 e. The average Bonchev–Trinajstić information content (AvgIpc) is 2.55. The van der Waals surface area contributed by atoms with Gasteiger partial charge in [-0.2, -0.15) is 0 Å². The van der Waals surface area contributed by atoms with Gasteiger partial charge in [-0.3, -0.25) is 14.9 Å². The van der Waals surface area contributed by atoms with Crippen molar-refractivity contribution in [2.24, 2.45) is 0 Å². The number of hydrogen-bond donors (Lipinski definition) is 0. The summed E-state index contributed by atoms with van der Waals surface area (Å²) in [5, 5.41) is 11.0. The zero-order chi connectivity index (χ0) is 16.5. The van der Waals surface area contributed by atoms with Crippen molar-refractivity contribution >= 4 is 11.5 Å². The Morgan fingerprint density at radius 1 is 1.14 bits per heavy atom. The molecule has 0 bridgehead atoms. The summed E-state index contributed by atoms with van der Waals surface area (Å²) in [6.45, 7) is 5.60. The van der Waals surface area contributed by atoms with E-state index in [4.69, 9.17) is 4.74 Å². The molecule has 0 spiro atoms. The van der Waals surface area contributed by atoms with Gasteiger partial charge < -0.3 is 4.74 Å². The van der Waals surface area contributed by atoms with Crippen LogP contribution in [0.5, 0.6) is 5.75 Å². The number of benzene rings is 2. The van der Waals surface area contributed by atoms with Crippen molar-refractivity contribution in [2.75, 3.05) is 0 Å². The van der Waals surface area contributed by atoms with Crippen molar-refractivity contribution in [1.29, 1.82) is 0 Å². The molecule has 0 aliphatic heterocycles. The van der Waals surface area contributed by atoms with Crippen molar-refractivity contribution in [3.63, 3.8) is 0 Å². The van der Waals surface area contributed by atoms with Crippen molar-refractivity contribution in [3.8, 4) is 5.75 Å². The number of hydrogen-bond acceptors (Lipinski definition) is 4. The maximum Gasteiger partial charge on any atom is 0.311 e. The highest BCUT2D eigenvalue weighted by molar-refractivity contribution is 5.95. The number of nitro benzene ring substituents is 1. The normalized spacial score (nSPS) is 9.41. The number of nitro groups is 1. The molecule has 2 aromatic carbocycles. The first-order valence-electron chi connectivity index (χ1n) is 7.04. The fraction of sp³-hybridized carbons (Fsp3) is 0.235. The second-order valence-electron chi connectivity index (χ2n) is 4.27. The van der Waals surface area contributed by atoms with E-state index in [0.717, 1.165) is 5.56 Å². The van der Waals surface area contributed by atoms with Crippen LogP contribution in [0.2, 0.25) is 0 Å². The van der Waals surface area contributed by atoms with E-state index in [1.807, 2.05) is 44.2 Å². The SMILES string of the molecule is CC.CC(=O)c1ccc(OCc2ccccc2)c([N+](=O)[O-])c1. The smallest absolute Gasteiger partial charge is 0.311 e. The zero-order valence-electron chi connectivity index (χ0n) is 12.9. The number of carbonyl (C=O) groups excluding carboxylic acids is 1. The molecular formula is C17H19NO4. The third-order valence-corrected chi connectivity index (χ3v) is 2.80. The lowest BCUT2D eigenvalue weighted by Crippen LogP contribution is -2.01. The molecule has 116 valence electrons. The third-order valence-electron chi connectivity index (χ3n) is 2.80. The summed E-state index contributed by atoms with van der Waals surface area (Å²) in [6, 6.07) is 13.6. The predicted molar refractivity (Wildman–Crippen MR) is 85.2 cm³/mol. The van der Waals surface area contributed by atoms with E-state index in [0.29, 0.717) is 5.56 Å². The van der Waals surface area contributed by atoms with Crippen molar-refractivity contribution < 1.29 is 14.5 Å². The molecule has 2 rings (SSSR count). The van der Waals surface area contributed by atoms with Crippen molar-refractivity contribution in [1.82, 2.24) is 0 Å². The number of ketones is 1. The monoisotopic (exact) mass is 301 g/mol. The summed E-state index contributed by atoms with van der Waals surface area (Å²) in [5.74, 6) is -0.0634. The molecule has 0 unspecified atom stereocenters. The molecule has 0 fully saturated rings. The van der Waals surface area contributed by atoms with Gasteiger partial charge in [0.2, 0.25) is 0 Å². The minimum Gasteiger partial charge on any atom is -0.482 e. The summed E-state index contributed by atoms with van der Waals surface area (Å²) in [4.78, 5) is 21.7. The van der Waals surface area contributed by atoms with Crippen LogP contribution >= 0.6 is 0 Å². The summed E-state index contributed by atoms with van der Waals surface area (Å²) in [6.07, 6.45) is 0. The second-order valence-corrected chi connectivity index (χ2v) is 4.27. The first-order valence-corrected chi connectivity index (χ1v) is 7.04. The maximum absolute atomic E-state index is 11.2. The van der Waals surface area contributed by atoms with Gasteiger partial charge >= 0.3 is 5.69 Å². The molecule has 0 atom stereocenters. The molecular weight excluding hydrogens is 282 g/mol. The third kappa shape index (κ3) is 4.70. The second kappa shape index (κ2) is 8.56. The van der Waals surface area contributed by atoms with Crippen LogP contribution in [0.3, 0.4) is 0 Å². The number of nitrogens with zero attached hydrogens (tertiary/aromatic N) is 1.